The van der Waals surface area contributed by atoms with E-state index in [0.29, 0.717) is 16.3 Å². The molecule has 4 aromatic carbocycles. The molecule has 0 fully saturated rings. The first-order chi connectivity index (χ1) is 21.0. The number of amides is 2. The fraction of sp³-hybridized carbons (Fsp3) is 0.188. The Labute approximate surface area is 266 Å². The van der Waals surface area contributed by atoms with E-state index in [9.17, 15) is 22.4 Å². The summed E-state index contributed by atoms with van der Waals surface area (Å²) in [6, 6.07) is 23.4. The van der Waals surface area contributed by atoms with Crippen molar-refractivity contribution in [2.75, 3.05) is 25.0 Å². The number of sulfonamides is 1. The van der Waals surface area contributed by atoms with E-state index in [1.165, 1.54) is 55.5 Å². The largest absolute Gasteiger partial charge is 0.497 e. The van der Waals surface area contributed by atoms with Crippen molar-refractivity contribution in [1.29, 1.82) is 0 Å². The topological polar surface area (TPSA) is 96.0 Å². The van der Waals surface area contributed by atoms with Gasteiger partial charge in [0.1, 0.15) is 24.2 Å². The second-order valence-electron chi connectivity index (χ2n) is 9.75. The van der Waals surface area contributed by atoms with E-state index in [1.54, 1.807) is 18.2 Å². The third kappa shape index (κ3) is 7.88. The normalized spacial score (nSPS) is 11.8. The minimum Gasteiger partial charge on any atom is -0.497 e. The minimum absolute atomic E-state index is 0.0598. The third-order valence-corrected chi connectivity index (χ3v) is 9.42. The van der Waals surface area contributed by atoms with Gasteiger partial charge in [-0.1, -0.05) is 59.6 Å². The lowest BCUT2D eigenvalue weighted by Crippen LogP contribution is -2.53. The lowest BCUT2D eigenvalue weighted by molar-refractivity contribution is -0.139. The number of nitrogens with zero attached hydrogens (tertiary/aromatic N) is 2. The molecule has 0 aromatic heterocycles. The number of halogens is 3. The van der Waals surface area contributed by atoms with Gasteiger partial charge < -0.3 is 15.0 Å². The van der Waals surface area contributed by atoms with Gasteiger partial charge in [0.15, 0.2) is 0 Å². The number of ether oxygens (including phenoxy) is 1. The molecule has 0 aliphatic heterocycles. The predicted molar refractivity (Wildman–Crippen MR) is 169 cm³/mol. The van der Waals surface area contributed by atoms with Gasteiger partial charge in [-0.25, -0.2) is 12.8 Å². The summed E-state index contributed by atoms with van der Waals surface area (Å²) in [6.45, 7) is -0.774. The summed E-state index contributed by atoms with van der Waals surface area (Å²) in [4.78, 5) is 28.8. The molecule has 1 atom stereocenters. The lowest BCUT2D eigenvalue weighted by Gasteiger charge is -2.33. The second-order valence-corrected chi connectivity index (χ2v) is 12.4. The molecule has 230 valence electrons. The van der Waals surface area contributed by atoms with Crippen molar-refractivity contribution < 1.29 is 27.1 Å². The quantitative estimate of drug-likeness (QED) is 0.210. The summed E-state index contributed by atoms with van der Waals surface area (Å²) in [7, 11) is -1.44. The van der Waals surface area contributed by atoms with Crippen molar-refractivity contribution in [1.82, 2.24) is 10.2 Å². The maximum absolute atomic E-state index is 14.3. The van der Waals surface area contributed by atoms with Gasteiger partial charge in [0.05, 0.1) is 27.7 Å². The van der Waals surface area contributed by atoms with Crippen molar-refractivity contribution in [3.05, 3.63) is 124 Å². The van der Waals surface area contributed by atoms with Crippen LogP contribution in [-0.2, 0) is 32.6 Å². The first-order valence-corrected chi connectivity index (χ1v) is 15.6. The number of carbonyl (C=O) groups is 2. The zero-order chi connectivity index (χ0) is 31.9. The van der Waals surface area contributed by atoms with Gasteiger partial charge in [0, 0.05) is 20.0 Å². The Morgan fingerprint density at radius 1 is 0.886 bits per heavy atom. The van der Waals surface area contributed by atoms with Gasteiger partial charge in [0.25, 0.3) is 10.0 Å². The second kappa shape index (κ2) is 14.6. The monoisotopic (exact) mass is 657 g/mol. The van der Waals surface area contributed by atoms with Crippen LogP contribution >= 0.6 is 23.2 Å². The number of carbonyl (C=O) groups excluding carboxylic acids is 2. The summed E-state index contributed by atoms with van der Waals surface area (Å²) in [5.74, 6) is -1.27. The molecule has 1 unspecified atom stereocenters. The summed E-state index contributed by atoms with van der Waals surface area (Å²) < 4.78 is 47.9. The van der Waals surface area contributed by atoms with E-state index < -0.39 is 40.2 Å². The number of benzene rings is 4. The van der Waals surface area contributed by atoms with Crippen molar-refractivity contribution >= 4 is 50.7 Å². The highest BCUT2D eigenvalue weighted by molar-refractivity contribution is 7.92. The van der Waals surface area contributed by atoms with Gasteiger partial charge in [0.2, 0.25) is 11.8 Å². The Morgan fingerprint density at radius 3 is 2.14 bits per heavy atom. The van der Waals surface area contributed by atoms with E-state index in [-0.39, 0.29) is 28.6 Å². The highest BCUT2D eigenvalue weighted by Gasteiger charge is 2.34. The fourth-order valence-corrected chi connectivity index (χ4v) is 6.30. The zero-order valence-electron chi connectivity index (χ0n) is 23.9. The minimum atomic E-state index is -4.35. The number of likely N-dealkylation sites (N-methyl/N-ethyl adjacent to an activating group) is 1. The van der Waals surface area contributed by atoms with E-state index in [2.05, 4.69) is 5.32 Å². The predicted octanol–water partition coefficient (Wildman–Crippen LogP) is 5.72. The van der Waals surface area contributed by atoms with E-state index >= 15 is 0 Å². The van der Waals surface area contributed by atoms with Crippen LogP contribution in [0.1, 0.15) is 11.1 Å². The van der Waals surface area contributed by atoms with Crippen LogP contribution in [0.3, 0.4) is 0 Å². The van der Waals surface area contributed by atoms with Crippen LogP contribution in [0.2, 0.25) is 10.0 Å². The van der Waals surface area contributed by atoms with Crippen LogP contribution in [0.15, 0.2) is 102 Å². The summed E-state index contributed by atoms with van der Waals surface area (Å²) >= 11 is 12.4. The van der Waals surface area contributed by atoms with Crippen LogP contribution in [0.25, 0.3) is 0 Å². The smallest absolute Gasteiger partial charge is 0.264 e. The van der Waals surface area contributed by atoms with Crippen LogP contribution in [0.4, 0.5) is 10.1 Å². The number of nitrogens with one attached hydrogen (secondary N) is 1. The summed E-state index contributed by atoms with van der Waals surface area (Å²) in [5, 5.41) is 3.19. The van der Waals surface area contributed by atoms with Crippen molar-refractivity contribution in [2.45, 2.75) is 23.9 Å². The van der Waals surface area contributed by atoms with Crippen LogP contribution in [-0.4, -0.2) is 51.9 Å². The molecule has 12 heteroatoms. The number of hydrogen-bond acceptors (Lipinski definition) is 5. The molecule has 0 saturated carbocycles. The molecule has 0 radical (unpaired) electrons. The average Bonchev–Trinajstić information content (AvgIpc) is 3.03. The molecule has 2 amide bonds. The Kier molecular flexibility index (Phi) is 10.9. The van der Waals surface area contributed by atoms with Crippen molar-refractivity contribution in [3.63, 3.8) is 0 Å². The maximum atomic E-state index is 14.3. The van der Waals surface area contributed by atoms with Gasteiger partial charge in [-0.3, -0.25) is 13.9 Å². The third-order valence-electron chi connectivity index (χ3n) is 6.90. The highest BCUT2D eigenvalue weighted by atomic mass is 35.5. The van der Waals surface area contributed by atoms with Crippen LogP contribution < -0.4 is 14.4 Å². The van der Waals surface area contributed by atoms with E-state index in [4.69, 9.17) is 27.9 Å². The van der Waals surface area contributed by atoms with Crippen molar-refractivity contribution in [2.24, 2.45) is 0 Å². The Balaban J connectivity index is 1.79. The molecule has 0 spiro atoms. The average molecular weight is 659 g/mol. The summed E-state index contributed by atoms with van der Waals surface area (Å²) in [5.41, 5.74) is 1.42. The SMILES string of the molecule is CNC(=O)C(Cc1ccccc1)N(Cc1ccc(Cl)c(Cl)c1)C(=O)CN(c1ccc(F)cc1)S(=O)(=O)c1ccc(OC)cc1. The zero-order valence-corrected chi connectivity index (χ0v) is 26.2. The van der Waals surface area contributed by atoms with E-state index in [0.717, 1.165) is 22.0 Å². The molecular formula is C32H30Cl2FN3O5S. The molecule has 1 N–H and O–H groups in total. The number of hydrogen-bond donors (Lipinski definition) is 1. The molecule has 0 bridgehead atoms. The number of rotatable bonds is 12. The van der Waals surface area contributed by atoms with Gasteiger partial charge in [-0.15, -0.1) is 0 Å². The lowest BCUT2D eigenvalue weighted by atomic mass is 10.0. The van der Waals surface area contributed by atoms with Gasteiger partial charge >= 0.3 is 0 Å². The Morgan fingerprint density at radius 2 is 1.55 bits per heavy atom. The molecule has 0 aliphatic carbocycles. The molecular weight excluding hydrogens is 628 g/mol. The molecule has 0 aliphatic rings. The highest BCUT2D eigenvalue weighted by Crippen LogP contribution is 2.28. The molecule has 8 nitrogen and oxygen atoms in total. The molecule has 0 saturated heterocycles. The van der Waals surface area contributed by atoms with Crippen LogP contribution in [0.5, 0.6) is 5.75 Å². The Bertz CT molecular complexity index is 1710. The van der Waals surface area contributed by atoms with Gasteiger partial charge in [-0.05, 0) is 71.8 Å². The number of methoxy groups -OCH3 is 1. The molecule has 4 rings (SSSR count). The van der Waals surface area contributed by atoms with E-state index in [1.807, 2.05) is 30.3 Å². The Hall–Kier alpha value is -4.12. The standard InChI is InChI=1S/C32H30Cl2FN3O5S/c1-36-32(40)30(19-22-6-4-3-5-7-22)37(20-23-8-17-28(33)29(34)18-23)31(39)21-38(25-11-9-24(35)10-12-25)44(41,42)27-15-13-26(43-2)14-16-27/h3-18,30H,19-21H2,1-2H3,(H,36,40). The van der Waals surface area contributed by atoms with Crippen molar-refractivity contribution in [3.8, 4) is 5.75 Å². The fourth-order valence-electron chi connectivity index (χ4n) is 4.57. The molecule has 4 aromatic rings. The first-order valence-electron chi connectivity index (χ1n) is 13.4. The van der Waals surface area contributed by atoms with Gasteiger partial charge in [-0.2, -0.15) is 0 Å². The maximum Gasteiger partial charge on any atom is 0.264 e. The first kappa shape index (κ1) is 32.8. The molecule has 0 heterocycles. The molecule has 44 heavy (non-hydrogen) atoms. The number of anilines is 1. The van der Waals surface area contributed by atoms with Crippen LogP contribution in [0, 0.1) is 5.82 Å². The summed E-state index contributed by atoms with van der Waals surface area (Å²) in [6.07, 6.45) is 0.148.